The summed E-state index contributed by atoms with van der Waals surface area (Å²) in [5, 5.41) is 12.1. The second-order valence-corrected chi connectivity index (χ2v) is 24.2. The van der Waals surface area contributed by atoms with Gasteiger partial charge in [-0.3, -0.25) is 28.8 Å². The lowest BCUT2D eigenvalue weighted by molar-refractivity contribution is -0.143. The van der Waals surface area contributed by atoms with Crippen LogP contribution in [0.2, 0.25) is 0 Å². The predicted molar refractivity (Wildman–Crippen MR) is 294 cm³/mol. The van der Waals surface area contributed by atoms with Gasteiger partial charge < -0.3 is 40.9 Å². The third-order valence-electron chi connectivity index (χ3n) is 16.7. The zero-order valence-corrected chi connectivity index (χ0v) is 47.0. The van der Waals surface area contributed by atoms with Gasteiger partial charge in [0.15, 0.2) is 0 Å². The van der Waals surface area contributed by atoms with Gasteiger partial charge in [0.2, 0.25) is 35.4 Å². The molecule has 14 heteroatoms. The number of aryl methyl sites for hydroxylation is 2. The van der Waals surface area contributed by atoms with Gasteiger partial charge in [0.05, 0.1) is 24.2 Å². The van der Waals surface area contributed by atoms with Gasteiger partial charge in [-0.2, -0.15) is 0 Å². The minimum absolute atomic E-state index is 0.0451. The van der Waals surface area contributed by atoms with E-state index in [1.54, 1.807) is 27.9 Å². The molecule has 2 aromatic rings. The van der Waals surface area contributed by atoms with Gasteiger partial charge in [0.1, 0.15) is 12.1 Å². The Kier molecular flexibility index (Phi) is 21.2. The Bertz CT molecular complexity index is 2070. The largest absolute Gasteiger partial charge is 0.342 e. The van der Waals surface area contributed by atoms with Crippen LogP contribution < -0.4 is 21.3 Å². The molecular weight excluding hydrogens is 929 g/mol. The first kappa shape index (κ1) is 58.4. The monoisotopic (exact) mass is 1020 g/mol. The van der Waals surface area contributed by atoms with Crippen molar-refractivity contribution in [2.75, 3.05) is 40.3 Å². The Labute approximate surface area is 444 Å². The van der Waals surface area contributed by atoms with Crippen LogP contribution in [-0.2, 0) is 41.6 Å². The van der Waals surface area contributed by atoms with E-state index in [0.29, 0.717) is 39.0 Å². The first-order chi connectivity index (χ1) is 35.2. The second kappa shape index (κ2) is 26.8. The van der Waals surface area contributed by atoms with Gasteiger partial charge >= 0.3 is 0 Å². The van der Waals surface area contributed by atoms with Crippen molar-refractivity contribution in [1.82, 2.24) is 40.9 Å². The molecule has 74 heavy (non-hydrogen) atoms. The normalized spacial score (nSPS) is 21.4. The molecule has 6 amide bonds. The number of rotatable bonds is 23. The molecule has 410 valence electrons. The Balaban J connectivity index is 1.06. The van der Waals surface area contributed by atoms with E-state index in [-0.39, 0.29) is 59.6 Å². The Morgan fingerprint density at radius 1 is 0.541 bits per heavy atom. The van der Waals surface area contributed by atoms with Gasteiger partial charge in [-0.1, -0.05) is 116 Å². The lowest BCUT2D eigenvalue weighted by atomic mass is 9.85. The number of hydrogen-bond donors (Lipinski definition) is 4. The van der Waals surface area contributed by atoms with E-state index in [1.165, 1.54) is 22.3 Å². The number of benzene rings is 2. The SMILES string of the molecule is CN[C@@H](C)C(=O)N[C@H](C(=O)N1CCC[C@H]1CN(C(=O)CCCCCCCCC(=O)N(C[C@@H]1CCCN1C(=O)[C@@H](NC(=O)[C@H](C)NC)C(C)(C)C)[C@@H]1CCCc2ccccc21)C1CCCc2ccccc21)C(C)(C)C. The smallest absolute Gasteiger partial charge is 0.246 e. The van der Waals surface area contributed by atoms with E-state index < -0.39 is 35.0 Å². The summed E-state index contributed by atoms with van der Waals surface area (Å²) in [6, 6.07) is 14.4. The van der Waals surface area contributed by atoms with Crippen LogP contribution in [0, 0.1) is 10.8 Å². The standard InChI is InChI=1S/C60H94N8O6/c1-41(61-9)55(71)63-53(59(3,4)5)57(73)65-37-23-29-45(65)39-67(49-33-21-27-43-25-17-19-31-47(43)49)51(69)35-15-13-11-12-14-16-36-52(70)68(50-34-22-28-44-26-18-20-32-48(44)50)40-46-30-24-38-66(46)58(74)54(60(6,7)8)64-56(72)42(2)62-10/h17-20,25-26,31-32,41-42,45-46,49-50,53-54,61-62H,11-16,21-24,27-30,33-40H2,1-10H3,(H,63,71)(H,64,72)/t41-,42-,45-,46-,49+,50?,53+,54+/m0/s1. The van der Waals surface area contributed by atoms with Crippen LogP contribution in [0.15, 0.2) is 48.5 Å². The topological polar surface area (TPSA) is 163 Å². The number of carbonyl (C=O) groups excluding carboxylic acids is 6. The van der Waals surface area contributed by atoms with E-state index in [1.807, 2.05) is 51.3 Å². The molecule has 6 rings (SSSR count). The van der Waals surface area contributed by atoms with Crippen molar-refractivity contribution < 1.29 is 28.8 Å². The highest BCUT2D eigenvalue weighted by atomic mass is 16.2. The number of hydrogen-bond acceptors (Lipinski definition) is 8. The lowest BCUT2D eigenvalue weighted by Crippen LogP contribution is -2.59. The minimum atomic E-state index is -0.695. The maximum Gasteiger partial charge on any atom is 0.246 e. The molecule has 4 N–H and O–H groups in total. The van der Waals surface area contributed by atoms with Gasteiger partial charge in [0, 0.05) is 51.1 Å². The molecule has 4 aliphatic rings. The number of carbonyl (C=O) groups is 6. The summed E-state index contributed by atoms with van der Waals surface area (Å²) in [5.74, 6) is -0.311. The van der Waals surface area contributed by atoms with E-state index in [4.69, 9.17) is 0 Å². The minimum Gasteiger partial charge on any atom is -0.342 e. The quantitative estimate of drug-likeness (QED) is 0.0811. The van der Waals surface area contributed by atoms with E-state index in [2.05, 4.69) is 79.6 Å². The molecule has 0 saturated carbocycles. The maximum atomic E-state index is 14.6. The van der Waals surface area contributed by atoms with Crippen LogP contribution in [0.1, 0.15) is 192 Å². The summed E-state index contributed by atoms with van der Waals surface area (Å²) in [5.41, 5.74) is 4.01. The summed E-state index contributed by atoms with van der Waals surface area (Å²) >= 11 is 0. The van der Waals surface area contributed by atoms with E-state index in [9.17, 15) is 28.8 Å². The Hall–Kier alpha value is -4.82. The average Bonchev–Trinajstić information content (AvgIpc) is 4.06. The molecule has 0 radical (unpaired) electrons. The lowest BCUT2D eigenvalue weighted by Gasteiger charge is -2.41. The van der Waals surface area contributed by atoms with Crippen molar-refractivity contribution in [3.05, 3.63) is 70.8 Å². The third-order valence-corrected chi connectivity index (χ3v) is 16.7. The van der Waals surface area contributed by atoms with Gasteiger partial charge in [-0.25, -0.2) is 0 Å². The van der Waals surface area contributed by atoms with E-state index in [0.717, 1.165) is 103 Å². The van der Waals surface area contributed by atoms with Crippen molar-refractivity contribution in [2.24, 2.45) is 10.8 Å². The van der Waals surface area contributed by atoms with E-state index >= 15 is 0 Å². The van der Waals surface area contributed by atoms with Crippen LogP contribution >= 0.6 is 0 Å². The van der Waals surface area contributed by atoms with Crippen molar-refractivity contribution in [3.8, 4) is 0 Å². The molecule has 2 fully saturated rings. The molecule has 2 saturated heterocycles. The number of likely N-dealkylation sites (N-methyl/N-ethyl adjacent to an activating group) is 2. The fraction of sp³-hybridized carbons (Fsp3) is 0.700. The molecule has 2 aliphatic carbocycles. The molecule has 0 bridgehead atoms. The maximum absolute atomic E-state index is 14.6. The highest BCUT2D eigenvalue weighted by Gasteiger charge is 2.44. The Morgan fingerprint density at radius 3 is 1.27 bits per heavy atom. The second-order valence-electron chi connectivity index (χ2n) is 24.2. The summed E-state index contributed by atoms with van der Waals surface area (Å²) in [6.07, 6.45) is 15.3. The van der Waals surface area contributed by atoms with Crippen LogP contribution in [0.4, 0.5) is 0 Å². The van der Waals surface area contributed by atoms with Crippen LogP contribution in [-0.4, -0.2) is 132 Å². The first-order valence-electron chi connectivity index (χ1n) is 28.6. The van der Waals surface area contributed by atoms with Crippen molar-refractivity contribution >= 4 is 35.4 Å². The van der Waals surface area contributed by atoms with Gasteiger partial charge in [0.25, 0.3) is 0 Å². The summed E-state index contributed by atoms with van der Waals surface area (Å²) < 4.78 is 0. The number of nitrogens with one attached hydrogen (secondary N) is 4. The third kappa shape index (κ3) is 15.0. The number of unbranched alkanes of at least 4 members (excludes halogenated alkanes) is 5. The van der Waals surface area contributed by atoms with Crippen LogP contribution in [0.25, 0.3) is 0 Å². The molecule has 2 heterocycles. The van der Waals surface area contributed by atoms with Crippen LogP contribution in [0.5, 0.6) is 0 Å². The highest BCUT2D eigenvalue weighted by molar-refractivity contribution is 5.91. The summed E-state index contributed by atoms with van der Waals surface area (Å²) in [7, 11) is 3.47. The molecule has 2 aliphatic heterocycles. The molecule has 14 nitrogen and oxygen atoms in total. The number of nitrogens with zero attached hydrogens (tertiary/aromatic N) is 4. The first-order valence-corrected chi connectivity index (χ1v) is 28.6. The average molecular weight is 1020 g/mol. The molecule has 0 spiro atoms. The van der Waals surface area contributed by atoms with Crippen molar-refractivity contribution in [3.63, 3.8) is 0 Å². The fourth-order valence-corrected chi connectivity index (χ4v) is 12.0. The molecule has 8 atom stereocenters. The zero-order chi connectivity index (χ0) is 53.7. The van der Waals surface area contributed by atoms with Gasteiger partial charge in [-0.05, 0) is 138 Å². The summed E-state index contributed by atoms with van der Waals surface area (Å²) in [4.78, 5) is 92.2. The number of amides is 6. The number of likely N-dealkylation sites (tertiary alicyclic amines) is 2. The summed E-state index contributed by atoms with van der Waals surface area (Å²) in [6.45, 7) is 17.7. The molecule has 2 aromatic carbocycles. The van der Waals surface area contributed by atoms with Crippen LogP contribution in [0.3, 0.4) is 0 Å². The Morgan fingerprint density at radius 2 is 0.905 bits per heavy atom. The fourth-order valence-electron chi connectivity index (χ4n) is 12.0. The van der Waals surface area contributed by atoms with Crippen molar-refractivity contribution in [2.45, 2.75) is 219 Å². The zero-order valence-electron chi connectivity index (χ0n) is 47.0. The van der Waals surface area contributed by atoms with Crippen molar-refractivity contribution in [1.29, 1.82) is 0 Å². The predicted octanol–water partition coefficient (Wildman–Crippen LogP) is 8.18. The number of fused-ring (bicyclic) bond motifs is 2. The molecule has 0 aromatic heterocycles. The molecular formula is C60H94N8O6. The highest BCUT2D eigenvalue weighted by Crippen LogP contribution is 2.39. The molecule has 1 unspecified atom stereocenters. The van der Waals surface area contributed by atoms with Gasteiger partial charge in [-0.15, -0.1) is 0 Å².